The van der Waals surface area contributed by atoms with Gasteiger partial charge in [-0.3, -0.25) is 9.89 Å². The highest BCUT2D eigenvalue weighted by molar-refractivity contribution is 7.92. The van der Waals surface area contributed by atoms with Crippen LogP contribution in [0, 0.1) is 0 Å². The average Bonchev–Trinajstić information content (AvgIpc) is 2.59. The molecule has 0 spiro atoms. The lowest BCUT2D eigenvalue weighted by atomic mass is 10.2. The number of nitrogens with one attached hydrogen (secondary N) is 1. The Morgan fingerprint density at radius 1 is 1.22 bits per heavy atom. The van der Waals surface area contributed by atoms with Crippen LogP contribution >= 0.6 is 11.6 Å². The third kappa shape index (κ3) is 6.36. The molecule has 0 bridgehead atoms. The molecule has 0 saturated carbocycles. The summed E-state index contributed by atoms with van der Waals surface area (Å²) in [5.41, 5.74) is 1.21. The van der Waals surface area contributed by atoms with Gasteiger partial charge in [-0.05, 0) is 38.5 Å². The number of benzene rings is 1. The predicted octanol–water partition coefficient (Wildman–Crippen LogP) is 2.25. The number of guanidine groups is 1. The minimum absolute atomic E-state index is 0.101. The maximum atomic E-state index is 12.2. The van der Waals surface area contributed by atoms with Crippen molar-refractivity contribution in [2.24, 2.45) is 4.99 Å². The zero-order chi connectivity index (χ0) is 20.1. The van der Waals surface area contributed by atoms with Crippen LogP contribution in [-0.4, -0.2) is 74.4 Å². The maximum Gasteiger partial charge on any atom is 0.193 e. The third-order valence-corrected chi connectivity index (χ3v) is 7.61. The van der Waals surface area contributed by atoms with Gasteiger partial charge in [-0.15, -0.1) is 0 Å². The highest BCUT2D eigenvalue weighted by atomic mass is 35.5. The first kappa shape index (κ1) is 22.0. The van der Waals surface area contributed by atoms with Gasteiger partial charge in [0, 0.05) is 51.3 Å². The summed E-state index contributed by atoms with van der Waals surface area (Å²) in [6.07, 6.45) is 0. The third-order valence-electron chi connectivity index (χ3n) is 4.77. The molecule has 2 rings (SSSR count). The number of sulfone groups is 1. The van der Waals surface area contributed by atoms with Gasteiger partial charge in [0.1, 0.15) is 0 Å². The quantitative estimate of drug-likeness (QED) is 0.591. The first-order valence-electron chi connectivity index (χ1n) is 9.27. The molecule has 8 heteroatoms. The summed E-state index contributed by atoms with van der Waals surface area (Å²) in [5, 5.41) is 3.96. The molecule has 27 heavy (non-hydrogen) atoms. The van der Waals surface area contributed by atoms with Gasteiger partial charge in [0.15, 0.2) is 15.8 Å². The summed E-state index contributed by atoms with van der Waals surface area (Å²) in [5.74, 6) is 0.867. The molecule has 0 aromatic heterocycles. The van der Waals surface area contributed by atoms with E-state index in [0.717, 1.165) is 43.7 Å². The topological polar surface area (TPSA) is 65.0 Å². The summed E-state index contributed by atoms with van der Waals surface area (Å²) in [6, 6.07) is 7.96. The summed E-state index contributed by atoms with van der Waals surface area (Å²) in [4.78, 5) is 8.88. The second-order valence-corrected chi connectivity index (χ2v) is 11.1. The molecular formula is C19H31ClN4O2S. The smallest absolute Gasteiger partial charge is 0.193 e. The molecule has 1 aliphatic heterocycles. The number of aliphatic imine (C=N–C) groups is 1. The van der Waals surface area contributed by atoms with Crippen molar-refractivity contribution < 1.29 is 8.42 Å². The van der Waals surface area contributed by atoms with E-state index in [-0.39, 0.29) is 5.75 Å². The monoisotopic (exact) mass is 414 g/mol. The van der Waals surface area contributed by atoms with E-state index in [2.05, 4.69) is 26.2 Å². The molecule has 0 amide bonds. The van der Waals surface area contributed by atoms with Crippen molar-refractivity contribution >= 4 is 27.4 Å². The predicted molar refractivity (Wildman–Crippen MR) is 113 cm³/mol. The van der Waals surface area contributed by atoms with E-state index in [4.69, 9.17) is 11.6 Å². The van der Waals surface area contributed by atoms with Crippen LogP contribution in [0.15, 0.2) is 29.3 Å². The normalized spacial score (nSPS) is 17.2. The second kappa shape index (κ2) is 9.26. The van der Waals surface area contributed by atoms with Crippen molar-refractivity contribution in [1.29, 1.82) is 0 Å². The number of hydrogen-bond acceptors (Lipinski definition) is 4. The van der Waals surface area contributed by atoms with Gasteiger partial charge < -0.3 is 10.2 Å². The molecular weight excluding hydrogens is 384 g/mol. The fraction of sp³-hybridized carbons (Fsp3) is 0.632. The Balaban J connectivity index is 1.81. The highest BCUT2D eigenvalue weighted by Crippen LogP contribution is 2.16. The molecule has 1 aromatic rings. The SMILES string of the molecule is CN=C(NCCS(=O)(=O)C(C)(C)C)N1CCN(Cc2cccc(Cl)c2)CC1. The Hall–Kier alpha value is -1.31. The van der Waals surface area contributed by atoms with Crippen LogP contribution in [0.3, 0.4) is 0 Å². The van der Waals surface area contributed by atoms with Crippen LogP contribution in [0.25, 0.3) is 0 Å². The Labute approximate surface area is 168 Å². The zero-order valence-corrected chi connectivity index (χ0v) is 18.3. The Kier molecular flexibility index (Phi) is 7.54. The van der Waals surface area contributed by atoms with E-state index in [1.807, 2.05) is 18.2 Å². The number of piperazine rings is 1. The van der Waals surface area contributed by atoms with Crippen LogP contribution < -0.4 is 5.32 Å². The van der Waals surface area contributed by atoms with Crippen LogP contribution in [0.1, 0.15) is 26.3 Å². The first-order chi connectivity index (χ1) is 12.6. The van der Waals surface area contributed by atoms with Crippen molar-refractivity contribution in [2.45, 2.75) is 32.1 Å². The number of nitrogens with zero attached hydrogens (tertiary/aromatic N) is 3. The molecule has 1 heterocycles. The van der Waals surface area contributed by atoms with Crippen LogP contribution in [0.4, 0.5) is 0 Å². The minimum atomic E-state index is -3.13. The fourth-order valence-corrected chi connectivity index (χ4v) is 4.14. The molecule has 0 atom stereocenters. The summed E-state index contributed by atoms with van der Waals surface area (Å²) in [7, 11) is -1.40. The molecule has 152 valence electrons. The molecule has 1 aromatic carbocycles. The van der Waals surface area contributed by atoms with E-state index in [1.54, 1.807) is 27.8 Å². The average molecular weight is 415 g/mol. The van der Waals surface area contributed by atoms with Gasteiger partial charge in [0.25, 0.3) is 0 Å². The first-order valence-corrected chi connectivity index (χ1v) is 11.3. The van der Waals surface area contributed by atoms with Gasteiger partial charge in [-0.1, -0.05) is 23.7 Å². The molecule has 0 radical (unpaired) electrons. The lowest BCUT2D eigenvalue weighted by Gasteiger charge is -2.36. The molecule has 1 aliphatic rings. The Morgan fingerprint density at radius 2 is 1.89 bits per heavy atom. The summed E-state index contributed by atoms with van der Waals surface area (Å²) < 4.78 is 23.7. The summed E-state index contributed by atoms with van der Waals surface area (Å²) >= 11 is 6.06. The van der Waals surface area contributed by atoms with E-state index >= 15 is 0 Å². The van der Waals surface area contributed by atoms with Gasteiger partial charge in [-0.25, -0.2) is 8.42 Å². The van der Waals surface area contributed by atoms with Gasteiger partial charge in [0.2, 0.25) is 0 Å². The van der Waals surface area contributed by atoms with E-state index in [9.17, 15) is 8.42 Å². The number of rotatable bonds is 5. The van der Waals surface area contributed by atoms with E-state index < -0.39 is 14.6 Å². The number of halogens is 1. The van der Waals surface area contributed by atoms with Crippen LogP contribution in [-0.2, 0) is 16.4 Å². The van der Waals surface area contributed by atoms with Gasteiger partial charge in [0.05, 0.1) is 10.5 Å². The van der Waals surface area contributed by atoms with Crippen LogP contribution in [0.5, 0.6) is 0 Å². The zero-order valence-electron chi connectivity index (χ0n) is 16.7. The molecule has 6 nitrogen and oxygen atoms in total. The molecule has 1 N–H and O–H groups in total. The van der Waals surface area contributed by atoms with E-state index in [1.165, 1.54) is 5.56 Å². The van der Waals surface area contributed by atoms with E-state index in [0.29, 0.717) is 6.54 Å². The lowest BCUT2D eigenvalue weighted by molar-refractivity contribution is 0.172. The Morgan fingerprint density at radius 3 is 2.44 bits per heavy atom. The molecule has 0 aliphatic carbocycles. The number of hydrogen-bond donors (Lipinski definition) is 1. The van der Waals surface area contributed by atoms with Crippen molar-refractivity contribution in [2.75, 3.05) is 45.5 Å². The maximum absolute atomic E-state index is 12.2. The van der Waals surface area contributed by atoms with Gasteiger partial charge >= 0.3 is 0 Å². The highest BCUT2D eigenvalue weighted by Gasteiger charge is 2.28. The summed E-state index contributed by atoms with van der Waals surface area (Å²) in [6.45, 7) is 10.0. The molecule has 1 fully saturated rings. The minimum Gasteiger partial charge on any atom is -0.355 e. The van der Waals surface area contributed by atoms with Crippen molar-refractivity contribution in [3.05, 3.63) is 34.9 Å². The fourth-order valence-electron chi connectivity index (χ4n) is 2.95. The molecule has 1 saturated heterocycles. The molecule has 0 unspecified atom stereocenters. The standard InChI is InChI=1S/C19H31ClN4O2S/c1-19(2,3)27(25,26)13-8-22-18(21-4)24-11-9-23(10-12-24)15-16-6-5-7-17(20)14-16/h5-7,14H,8-13,15H2,1-4H3,(H,21,22). The van der Waals surface area contributed by atoms with Gasteiger partial charge in [-0.2, -0.15) is 0 Å². The van der Waals surface area contributed by atoms with Crippen LogP contribution in [0.2, 0.25) is 5.02 Å². The van der Waals surface area contributed by atoms with Crippen molar-refractivity contribution in [3.63, 3.8) is 0 Å². The van der Waals surface area contributed by atoms with Crippen molar-refractivity contribution in [1.82, 2.24) is 15.1 Å². The van der Waals surface area contributed by atoms with Crippen molar-refractivity contribution in [3.8, 4) is 0 Å². The lowest BCUT2D eigenvalue weighted by Crippen LogP contribution is -2.52. The Bertz CT molecular complexity index is 751. The largest absolute Gasteiger partial charge is 0.355 e. The second-order valence-electron chi connectivity index (χ2n) is 7.80.